The maximum Gasteiger partial charge on any atom is 0.242 e. The lowest BCUT2D eigenvalue weighted by Gasteiger charge is -2.15. The molecule has 2 N–H and O–H groups in total. The molecule has 0 spiro atoms. The number of amides is 2. The van der Waals surface area contributed by atoms with E-state index >= 15 is 0 Å². The topological polar surface area (TPSA) is 106 Å². The summed E-state index contributed by atoms with van der Waals surface area (Å²) in [5, 5.41) is 9.78. The van der Waals surface area contributed by atoms with E-state index < -0.39 is 6.04 Å². The molecule has 8 heteroatoms. The van der Waals surface area contributed by atoms with Gasteiger partial charge in [-0.2, -0.15) is 5.10 Å². The maximum absolute atomic E-state index is 12.2. The van der Waals surface area contributed by atoms with Gasteiger partial charge in [0.25, 0.3) is 0 Å². The van der Waals surface area contributed by atoms with Gasteiger partial charge in [-0.15, -0.1) is 0 Å². The van der Waals surface area contributed by atoms with Crippen molar-refractivity contribution in [1.29, 1.82) is 0 Å². The highest BCUT2D eigenvalue weighted by Crippen LogP contribution is 2.07. The first-order valence-corrected chi connectivity index (χ1v) is 8.09. The number of para-hydroxylation sites is 1. The molecule has 0 aliphatic carbocycles. The van der Waals surface area contributed by atoms with Crippen molar-refractivity contribution in [3.63, 3.8) is 0 Å². The average molecular weight is 354 g/mol. The van der Waals surface area contributed by atoms with Crippen LogP contribution in [0.5, 0.6) is 0 Å². The number of nitrogens with zero attached hydrogens (tertiary/aromatic N) is 2. The van der Waals surface area contributed by atoms with Crippen LogP contribution in [0.25, 0.3) is 10.9 Å². The lowest BCUT2D eigenvalue weighted by atomic mass is 10.2. The fraction of sp³-hybridized carbons (Fsp3) is 0.222. The summed E-state index contributed by atoms with van der Waals surface area (Å²) in [5.41, 5.74) is 0.355. The van der Waals surface area contributed by atoms with Crippen molar-refractivity contribution in [2.24, 2.45) is 0 Å². The third kappa shape index (κ3) is 3.97. The Kier molecular flexibility index (Phi) is 5.12. The van der Waals surface area contributed by atoms with Crippen LogP contribution < -0.4 is 16.1 Å². The second-order valence-corrected chi connectivity index (χ2v) is 5.77. The molecule has 0 fully saturated rings. The first-order valence-electron chi connectivity index (χ1n) is 8.09. The molecule has 2 amide bonds. The standard InChI is InChI=1S/C18H18N4O4/c1-12(18(25)19-9-13-5-4-8-26-13)21-17(24)11-22-15-7-3-2-6-14(15)16(23)10-20-22/h2-8,10,12H,9,11H2,1H3,(H,19,25)(H,21,24). The first-order chi connectivity index (χ1) is 12.5. The van der Waals surface area contributed by atoms with E-state index in [1.165, 1.54) is 17.1 Å². The molecular formula is C18H18N4O4. The van der Waals surface area contributed by atoms with Crippen molar-refractivity contribution < 1.29 is 14.0 Å². The van der Waals surface area contributed by atoms with Crippen molar-refractivity contribution in [2.45, 2.75) is 26.1 Å². The second kappa shape index (κ2) is 7.64. The Morgan fingerprint density at radius 2 is 2.04 bits per heavy atom. The molecule has 2 heterocycles. The predicted octanol–water partition coefficient (Wildman–Crippen LogP) is 0.811. The van der Waals surface area contributed by atoms with Crippen LogP contribution >= 0.6 is 0 Å². The Bertz CT molecular complexity index is 978. The summed E-state index contributed by atoms with van der Waals surface area (Å²) >= 11 is 0. The first kappa shape index (κ1) is 17.4. The number of benzene rings is 1. The SMILES string of the molecule is CC(NC(=O)Cn1ncc(=O)c2ccccc21)C(=O)NCc1ccco1. The number of carbonyl (C=O) groups excluding carboxylic acids is 2. The molecule has 2 aromatic heterocycles. The zero-order valence-corrected chi connectivity index (χ0v) is 14.1. The summed E-state index contributed by atoms with van der Waals surface area (Å²) < 4.78 is 6.57. The zero-order valence-electron chi connectivity index (χ0n) is 14.1. The van der Waals surface area contributed by atoms with E-state index in [4.69, 9.17) is 4.42 Å². The molecule has 26 heavy (non-hydrogen) atoms. The fourth-order valence-electron chi connectivity index (χ4n) is 2.52. The minimum atomic E-state index is -0.719. The number of aromatic nitrogens is 2. The van der Waals surface area contributed by atoms with Crippen molar-refractivity contribution >= 4 is 22.7 Å². The number of hydrogen-bond donors (Lipinski definition) is 2. The molecule has 0 bridgehead atoms. The van der Waals surface area contributed by atoms with Crippen LogP contribution in [-0.2, 0) is 22.7 Å². The van der Waals surface area contributed by atoms with Crippen molar-refractivity contribution in [3.05, 3.63) is 64.8 Å². The Labute approximate surface area is 148 Å². The normalized spacial score (nSPS) is 11.9. The second-order valence-electron chi connectivity index (χ2n) is 5.77. The Hall–Kier alpha value is -3.42. The van der Waals surface area contributed by atoms with Gasteiger partial charge in [-0.1, -0.05) is 12.1 Å². The fourth-order valence-corrected chi connectivity index (χ4v) is 2.52. The summed E-state index contributed by atoms with van der Waals surface area (Å²) in [5.74, 6) is -0.0831. The van der Waals surface area contributed by atoms with Gasteiger partial charge in [-0.3, -0.25) is 19.1 Å². The van der Waals surface area contributed by atoms with Crippen LogP contribution in [0.1, 0.15) is 12.7 Å². The van der Waals surface area contributed by atoms with E-state index in [1.807, 2.05) is 0 Å². The van der Waals surface area contributed by atoms with Crippen LogP contribution in [-0.4, -0.2) is 27.6 Å². The van der Waals surface area contributed by atoms with E-state index in [0.717, 1.165) is 0 Å². The van der Waals surface area contributed by atoms with Gasteiger partial charge in [0.15, 0.2) is 0 Å². The smallest absolute Gasteiger partial charge is 0.242 e. The number of nitrogens with one attached hydrogen (secondary N) is 2. The summed E-state index contributed by atoms with van der Waals surface area (Å²) in [6.07, 6.45) is 2.70. The van der Waals surface area contributed by atoms with Crippen molar-refractivity contribution in [1.82, 2.24) is 20.4 Å². The van der Waals surface area contributed by atoms with E-state index in [2.05, 4.69) is 15.7 Å². The molecule has 8 nitrogen and oxygen atoms in total. The monoisotopic (exact) mass is 354 g/mol. The van der Waals surface area contributed by atoms with Crippen LogP contribution in [0, 0.1) is 0 Å². The van der Waals surface area contributed by atoms with Crippen LogP contribution in [0.15, 0.2) is 58.1 Å². The lowest BCUT2D eigenvalue weighted by Crippen LogP contribution is -2.45. The van der Waals surface area contributed by atoms with Gasteiger partial charge in [-0.05, 0) is 31.2 Å². The third-order valence-electron chi connectivity index (χ3n) is 3.84. The molecule has 0 aliphatic heterocycles. The van der Waals surface area contributed by atoms with Crippen molar-refractivity contribution in [3.8, 4) is 0 Å². The van der Waals surface area contributed by atoms with Crippen LogP contribution in [0.2, 0.25) is 0 Å². The lowest BCUT2D eigenvalue weighted by molar-refractivity contribution is -0.129. The highest BCUT2D eigenvalue weighted by Gasteiger charge is 2.16. The Morgan fingerprint density at radius 1 is 1.23 bits per heavy atom. The number of rotatable bonds is 6. The number of carbonyl (C=O) groups is 2. The molecule has 134 valence electrons. The molecule has 3 rings (SSSR count). The Balaban J connectivity index is 1.61. The third-order valence-corrected chi connectivity index (χ3v) is 3.84. The summed E-state index contributed by atoms with van der Waals surface area (Å²) in [4.78, 5) is 36.1. The van der Waals surface area contributed by atoms with Crippen LogP contribution in [0.3, 0.4) is 0 Å². The molecule has 0 saturated heterocycles. The van der Waals surface area contributed by atoms with Gasteiger partial charge in [0.1, 0.15) is 18.3 Å². The average Bonchev–Trinajstić information content (AvgIpc) is 3.16. The molecule has 1 unspecified atom stereocenters. The Morgan fingerprint density at radius 3 is 2.81 bits per heavy atom. The molecular weight excluding hydrogens is 336 g/mol. The van der Waals surface area contributed by atoms with Gasteiger partial charge in [0, 0.05) is 5.39 Å². The molecule has 0 aliphatic rings. The van der Waals surface area contributed by atoms with Crippen molar-refractivity contribution in [2.75, 3.05) is 0 Å². The van der Waals surface area contributed by atoms with Gasteiger partial charge in [-0.25, -0.2) is 0 Å². The van der Waals surface area contributed by atoms with E-state index in [-0.39, 0.29) is 30.3 Å². The predicted molar refractivity (Wildman–Crippen MR) is 94.2 cm³/mol. The largest absolute Gasteiger partial charge is 0.467 e. The minimum Gasteiger partial charge on any atom is -0.467 e. The summed E-state index contributed by atoms with van der Waals surface area (Å²) in [6, 6.07) is 9.67. The number of fused-ring (bicyclic) bond motifs is 1. The summed E-state index contributed by atoms with van der Waals surface area (Å²) in [7, 11) is 0. The molecule has 1 aromatic carbocycles. The zero-order chi connectivity index (χ0) is 18.5. The molecule has 3 aromatic rings. The molecule has 0 radical (unpaired) electrons. The molecule has 1 atom stereocenters. The van der Waals surface area contributed by atoms with Gasteiger partial charge in [0.2, 0.25) is 17.2 Å². The number of hydrogen-bond acceptors (Lipinski definition) is 5. The van der Waals surface area contributed by atoms with Gasteiger partial charge in [0.05, 0.1) is 24.5 Å². The highest BCUT2D eigenvalue weighted by atomic mass is 16.3. The van der Waals surface area contributed by atoms with E-state index in [9.17, 15) is 14.4 Å². The van der Waals surface area contributed by atoms with Gasteiger partial charge < -0.3 is 15.1 Å². The van der Waals surface area contributed by atoms with E-state index in [1.54, 1.807) is 43.3 Å². The van der Waals surface area contributed by atoms with Crippen LogP contribution in [0.4, 0.5) is 0 Å². The van der Waals surface area contributed by atoms with Gasteiger partial charge >= 0.3 is 0 Å². The quantitative estimate of drug-likeness (QED) is 0.681. The maximum atomic E-state index is 12.2. The highest BCUT2D eigenvalue weighted by molar-refractivity contribution is 5.87. The minimum absolute atomic E-state index is 0.101. The van der Waals surface area contributed by atoms with E-state index in [0.29, 0.717) is 16.7 Å². The molecule has 0 saturated carbocycles. The summed E-state index contributed by atoms with van der Waals surface area (Å²) in [6.45, 7) is 1.74. The number of furan rings is 1.